The summed E-state index contributed by atoms with van der Waals surface area (Å²) in [7, 11) is 0. The minimum atomic E-state index is -0.332. The van der Waals surface area contributed by atoms with Crippen molar-refractivity contribution in [3.63, 3.8) is 0 Å². The van der Waals surface area contributed by atoms with Crippen LogP contribution in [-0.2, 0) is 4.79 Å². The zero-order chi connectivity index (χ0) is 8.15. The summed E-state index contributed by atoms with van der Waals surface area (Å²) in [5, 5.41) is 2.65. The Bertz CT molecular complexity index is 155. The van der Waals surface area contributed by atoms with Gasteiger partial charge in [0.1, 0.15) is 0 Å². The maximum Gasteiger partial charge on any atom is 0.295 e. The Morgan fingerprint density at radius 2 is 2.00 bits per heavy atom. The second-order valence-electron chi connectivity index (χ2n) is 2.65. The lowest BCUT2D eigenvalue weighted by molar-refractivity contribution is -0.116. The lowest BCUT2D eigenvalue weighted by Crippen LogP contribution is -2.35. The first-order valence-electron chi connectivity index (χ1n) is 3.35. The van der Waals surface area contributed by atoms with Crippen molar-refractivity contribution in [1.82, 2.24) is 5.32 Å². The van der Waals surface area contributed by atoms with Crippen LogP contribution in [-0.4, -0.2) is 11.9 Å². The van der Waals surface area contributed by atoms with Gasteiger partial charge >= 0.3 is 0 Å². The molecule has 0 radical (unpaired) electrons. The number of hydrogen-bond acceptors (Lipinski definition) is 1. The zero-order valence-electron chi connectivity index (χ0n) is 6.64. The fourth-order valence-electron chi connectivity index (χ4n) is 0.415. The third-order valence-electron chi connectivity index (χ3n) is 1.49. The van der Waals surface area contributed by atoms with Crippen molar-refractivity contribution in [2.75, 3.05) is 0 Å². The van der Waals surface area contributed by atoms with Gasteiger partial charge in [0, 0.05) is 6.04 Å². The summed E-state index contributed by atoms with van der Waals surface area (Å²) >= 11 is 0. The van der Waals surface area contributed by atoms with Gasteiger partial charge < -0.3 is 5.32 Å². The number of terminal acetylenes is 1. The predicted molar refractivity (Wildman–Crippen MR) is 41.3 cm³/mol. The SMILES string of the molecule is C#CC(=O)NC(C)C(C)C. The average Bonchev–Trinajstić information content (AvgIpc) is 1.87. The molecule has 0 spiro atoms. The van der Waals surface area contributed by atoms with Crippen LogP contribution < -0.4 is 5.32 Å². The van der Waals surface area contributed by atoms with Crippen molar-refractivity contribution in [1.29, 1.82) is 0 Å². The van der Waals surface area contributed by atoms with Crippen molar-refractivity contribution in [3.05, 3.63) is 0 Å². The van der Waals surface area contributed by atoms with Crippen molar-refractivity contribution in [3.8, 4) is 12.3 Å². The standard InChI is InChI=1S/C8H13NO/c1-5-8(10)9-7(4)6(2)3/h1,6-7H,2-4H3,(H,9,10). The summed E-state index contributed by atoms with van der Waals surface area (Å²) in [6.07, 6.45) is 4.86. The molecule has 1 N–H and O–H groups in total. The van der Waals surface area contributed by atoms with Crippen LogP contribution in [0.15, 0.2) is 0 Å². The number of rotatable bonds is 2. The van der Waals surface area contributed by atoms with Gasteiger partial charge in [-0.05, 0) is 18.8 Å². The lowest BCUT2D eigenvalue weighted by Gasteiger charge is -2.14. The average molecular weight is 139 g/mol. The topological polar surface area (TPSA) is 29.1 Å². The highest BCUT2D eigenvalue weighted by Crippen LogP contribution is 1.98. The van der Waals surface area contributed by atoms with Crippen LogP contribution in [0.1, 0.15) is 20.8 Å². The van der Waals surface area contributed by atoms with Gasteiger partial charge in [-0.3, -0.25) is 4.79 Å². The molecule has 0 fully saturated rings. The van der Waals surface area contributed by atoms with Gasteiger partial charge in [0.05, 0.1) is 0 Å². The van der Waals surface area contributed by atoms with Crippen LogP contribution in [0.3, 0.4) is 0 Å². The predicted octanol–water partition coefficient (Wildman–Crippen LogP) is 0.780. The molecule has 0 saturated heterocycles. The number of nitrogens with one attached hydrogen (secondary N) is 1. The Morgan fingerprint density at radius 1 is 1.50 bits per heavy atom. The van der Waals surface area contributed by atoms with Crippen LogP contribution in [0, 0.1) is 18.3 Å². The van der Waals surface area contributed by atoms with Gasteiger partial charge in [-0.15, -0.1) is 6.42 Å². The Kier molecular flexibility index (Phi) is 3.56. The molecule has 0 aliphatic heterocycles. The molecule has 0 bridgehead atoms. The van der Waals surface area contributed by atoms with Crippen molar-refractivity contribution >= 4 is 5.91 Å². The van der Waals surface area contributed by atoms with Crippen LogP contribution in [0.25, 0.3) is 0 Å². The largest absolute Gasteiger partial charge is 0.343 e. The monoisotopic (exact) mass is 139 g/mol. The van der Waals surface area contributed by atoms with E-state index in [1.165, 1.54) is 0 Å². The molecule has 10 heavy (non-hydrogen) atoms. The quantitative estimate of drug-likeness (QED) is 0.563. The van der Waals surface area contributed by atoms with Gasteiger partial charge in [-0.2, -0.15) is 0 Å². The maximum atomic E-state index is 10.6. The van der Waals surface area contributed by atoms with E-state index in [1.807, 2.05) is 26.7 Å². The minimum absolute atomic E-state index is 0.156. The molecule has 0 aromatic heterocycles. The smallest absolute Gasteiger partial charge is 0.295 e. The molecule has 0 rings (SSSR count). The van der Waals surface area contributed by atoms with E-state index >= 15 is 0 Å². The van der Waals surface area contributed by atoms with Crippen molar-refractivity contribution in [2.45, 2.75) is 26.8 Å². The number of hydrogen-bond donors (Lipinski definition) is 1. The third-order valence-corrected chi connectivity index (χ3v) is 1.49. The van der Waals surface area contributed by atoms with E-state index in [9.17, 15) is 4.79 Å². The molecule has 1 amide bonds. The highest BCUT2D eigenvalue weighted by atomic mass is 16.1. The molecule has 1 atom stereocenters. The zero-order valence-corrected chi connectivity index (χ0v) is 6.64. The summed E-state index contributed by atoms with van der Waals surface area (Å²) in [6.45, 7) is 5.99. The van der Waals surface area contributed by atoms with Gasteiger partial charge in [0.25, 0.3) is 5.91 Å². The Hall–Kier alpha value is -0.970. The highest BCUT2D eigenvalue weighted by molar-refractivity contribution is 5.92. The first-order valence-corrected chi connectivity index (χ1v) is 3.35. The normalized spacial score (nSPS) is 12.3. The molecule has 2 heteroatoms. The fraction of sp³-hybridized carbons (Fsp3) is 0.625. The molecule has 0 aliphatic rings. The van der Waals surface area contributed by atoms with E-state index in [2.05, 4.69) is 5.32 Å². The van der Waals surface area contributed by atoms with E-state index in [4.69, 9.17) is 6.42 Å². The second kappa shape index (κ2) is 3.94. The van der Waals surface area contributed by atoms with Gasteiger partial charge in [-0.1, -0.05) is 13.8 Å². The molecule has 56 valence electrons. The van der Waals surface area contributed by atoms with Crippen LogP contribution >= 0.6 is 0 Å². The first kappa shape index (κ1) is 9.03. The maximum absolute atomic E-state index is 10.6. The Labute approximate surface area is 62.0 Å². The molecule has 0 aromatic rings. The van der Waals surface area contributed by atoms with E-state index in [-0.39, 0.29) is 11.9 Å². The Morgan fingerprint density at radius 3 is 2.30 bits per heavy atom. The molecule has 0 aliphatic carbocycles. The van der Waals surface area contributed by atoms with Gasteiger partial charge in [0.2, 0.25) is 0 Å². The minimum Gasteiger partial charge on any atom is -0.343 e. The molecule has 1 unspecified atom stereocenters. The Balaban J connectivity index is 3.71. The lowest BCUT2D eigenvalue weighted by atomic mass is 10.1. The van der Waals surface area contributed by atoms with E-state index < -0.39 is 0 Å². The highest BCUT2D eigenvalue weighted by Gasteiger charge is 2.07. The molecule has 0 saturated carbocycles. The van der Waals surface area contributed by atoms with Gasteiger partial charge in [-0.25, -0.2) is 0 Å². The molecular formula is C8H13NO. The van der Waals surface area contributed by atoms with Crippen molar-refractivity contribution < 1.29 is 4.79 Å². The second-order valence-corrected chi connectivity index (χ2v) is 2.65. The van der Waals surface area contributed by atoms with Crippen molar-refractivity contribution in [2.24, 2.45) is 5.92 Å². The van der Waals surface area contributed by atoms with E-state index in [1.54, 1.807) is 0 Å². The van der Waals surface area contributed by atoms with Crippen LogP contribution in [0.5, 0.6) is 0 Å². The first-order chi connectivity index (χ1) is 4.57. The van der Waals surface area contributed by atoms with Crippen LogP contribution in [0.2, 0.25) is 0 Å². The van der Waals surface area contributed by atoms with Crippen LogP contribution in [0.4, 0.5) is 0 Å². The van der Waals surface area contributed by atoms with E-state index in [0.717, 1.165) is 0 Å². The fourth-order valence-corrected chi connectivity index (χ4v) is 0.415. The number of carbonyl (C=O) groups is 1. The third kappa shape index (κ3) is 3.13. The molecule has 0 aromatic carbocycles. The summed E-state index contributed by atoms with van der Waals surface area (Å²) in [5.41, 5.74) is 0. The molecular weight excluding hydrogens is 126 g/mol. The summed E-state index contributed by atoms with van der Waals surface area (Å²) in [6, 6.07) is 0.156. The summed E-state index contributed by atoms with van der Waals surface area (Å²) < 4.78 is 0. The molecule has 0 heterocycles. The van der Waals surface area contributed by atoms with Gasteiger partial charge in [0.15, 0.2) is 0 Å². The number of carbonyl (C=O) groups excluding carboxylic acids is 1. The number of amides is 1. The summed E-state index contributed by atoms with van der Waals surface area (Å²) in [4.78, 5) is 10.6. The van der Waals surface area contributed by atoms with E-state index in [0.29, 0.717) is 5.92 Å². The summed E-state index contributed by atoms with van der Waals surface area (Å²) in [5.74, 6) is 2.10. The molecule has 2 nitrogen and oxygen atoms in total.